The van der Waals surface area contributed by atoms with Gasteiger partial charge in [0.15, 0.2) is 0 Å². The number of morpholine rings is 1. The molecule has 0 aliphatic carbocycles. The van der Waals surface area contributed by atoms with Crippen molar-refractivity contribution in [3.8, 4) is 0 Å². The van der Waals surface area contributed by atoms with Gasteiger partial charge in [-0.3, -0.25) is 9.80 Å². The second-order valence-corrected chi connectivity index (χ2v) is 7.57. The van der Waals surface area contributed by atoms with E-state index in [0.717, 1.165) is 75.6 Å². The largest absolute Gasteiger partial charge is 0.396 e. The van der Waals surface area contributed by atoms with Gasteiger partial charge in [-0.1, -0.05) is 12.1 Å². The number of para-hydroxylation sites is 2. The number of aromatic amines is 1. The normalized spacial score (nSPS) is 25.7. The van der Waals surface area contributed by atoms with Crippen LogP contribution in [0.3, 0.4) is 0 Å². The summed E-state index contributed by atoms with van der Waals surface area (Å²) >= 11 is 0. The fourth-order valence-electron chi connectivity index (χ4n) is 4.56. The highest BCUT2D eigenvalue weighted by molar-refractivity contribution is 5.74. The average Bonchev–Trinajstić information content (AvgIpc) is 3.09. The highest BCUT2D eigenvalue weighted by Gasteiger charge is 2.33. The van der Waals surface area contributed by atoms with E-state index in [1.165, 1.54) is 6.42 Å². The Bertz CT molecular complexity index is 665. The molecule has 26 heavy (non-hydrogen) atoms. The van der Waals surface area contributed by atoms with Gasteiger partial charge in [0.25, 0.3) is 0 Å². The van der Waals surface area contributed by atoms with Gasteiger partial charge in [0, 0.05) is 38.8 Å². The summed E-state index contributed by atoms with van der Waals surface area (Å²) in [6.45, 7) is 7.15. The molecule has 2 aliphatic rings. The average molecular weight is 358 g/mol. The van der Waals surface area contributed by atoms with Crippen molar-refractivity contribution in [1.82, 2.24) is 19.8 Å². The minimum absolute atomic E-state index is 0.288. The molecule has 4 rings (SSSR count). The van der Waals surface area contributed by atoms with Crippen LogP contribution in [0.15, 0.2) is 24.3 Å². The number of imidazole rings is 1. The number of rotatable bonds is 6. The van der Waals surface area contributed by atoms with Gasteiger partial charge in [-0.2, -0.15) is 0 Å². The van der Waals surface area contributed by atoms with Crippen molar-refractivity contribution < 1.29 is 9.84 Å². The van der Waals surface area contributed by atoms with Crippen LogP contribution in [-0.4, -0.2) is 76.9 Å². The predicted molar refractivity (Wildman–Crippen MR) is 102 cm³/mol. The van der Waals surface area contributed by atoms with Gasteiger partial charge in [-0.05, 0) is 37.3 Å². The lowest BCUT2D eigenvalue weighted by atomic mass is 9.87. The molecule has 1 aromatic heterocycles. The molecule has 142 valence electrons. The molecule has 1 aromatic carbocycles. The third-order valence-corrected chi connectivity index (χ3v) is 5.84. The summed E-state index contributed by atoms with van der Waals surface area (Å²) in [7, 11) is 0. The van der Waals surface area contributed by atoms with Crippen molar-refractivity contribution in [2.24, 2.45) is 5.92 Å². The molecule has 2 aromatic rings. The number of benzene rings is 1. The Balaban J connectivity index is 1.41. The van der Waals surface area contributed by atoms with Crippen LogP contribution in [-0.2, 0) is 11.3 Å². The Labute approximate surface area is 155 Å². The first kappa shape index (κ1) is 17.9. The van der Waals surface area contributed by atoms with Crippen LogP contribution in [0.4, 0.5) is 0 Å². The molecular formula is C20H30N4O2. The Hall–Kier alpha value is -1.47. The molecule has 0 saturated carbocycles. The molecule has 2 atom stereocenters. The fraction of sp³-hybridized carbons (Fsp3) is 0.650. The number of aliphatic hydroxyl groups excluding tert-OH is 1. The number of hydrogen-bond donors (Lipinski definition) is 2. The number of piperidine rings is 1. The minimum Gasteiger partial charge on any atom is -0.396 e. The van der Waals surface area contributed by atoms with Crippen molar-refractivity contribution in [3.63, 3.8) is 0 Å². The van der Waals surface area contributed by atoms with Gasteiger partial charge < -0.3 is 14.8 Å². The maximum absolute atomic E-state index is 9.31. The number of hydrogen-bond acceptors (Lipinski definition) is 5. The number of aliphatic hydroxyl groups is 1. The number of nitrogens with zero attached hydrogens (tertiary/aromatic N) is 3. The smallest absolute Gasteiger partial charge is 0.121 e. The topological polar surface area (TPSA) is 64.6 Å². The standard InChI is InChI=1S/C20H30N4O2/c25-11-3-4-16-14-23(8-7-19(16)24-9-12-26-13-10-24)15-20-21-17-5-1-2-6-18(17)22-20/h1-2,5-6,16,19,25H,3-4,7-15H2,(H,21,22)/t16-,19+/m1/s1. The van der Waals surface area contributed by atoms with Gasteiger partial charge in [0.05, 0.1) is 30.8 Å². The zero-order valence-electron chi connectivity index (χ0n) is 15.4. The first-order valence-electron chi connectivity index (χ1n) is 9.92. The Kier molecular flexibility index (Phi) is 5.84. The fourth-order valence-corrected chi connectivity index (χ4v) is 4.56. The molecule has 3 heterocycles. The zero-order chi connectivity index (χ0) is 17.8. The van der Waals surface area contributed by atoms with E-state index >= 15 is 0 Å². The molecule has 2 fully saturated rings. The second kappa shape index (κ2) is 8.48. The van der Waals surface area contributed by atoms with Gasteiger partial charge in [-0.25, -0.2) is 4.98 Å². The van der Waals surface area contributed by atoms with E-state index in [2.05, 4.69) is 26.9 Å². The molecule has 2 saturated heterocycles. The summed E-state index contributed by atoms with van der Waals surface area (Å²) in [5, 5.41) is 9.31. The molecule has 0 radical (unpaired) electrons. The third-order valence-electron chi connectivity index (χ3n) is 5.84. The van der Waals surface area contributed by atoms with Crippen LogP contribution in [0.2, 0.25) is 0 Å². The van der Waals surface area contributed by atoms with E-state index in [4.69, 9.17) is 9.72 Å². The maximum atomic E-state index is 9.31. The molecule has 0 unspecified atom stereocenters. The van der Waals surface area contributed by atoms with E-state index < -0.39 is 0 Å². The van der Waals surface area contributed by atoms with Crippen molar-refractivity contribution >= 4 is 11.0 Å². The van der Waals surface area contributed by atoms with Gasteiger partial charge in [0.1, 0.15) is 5.82 Å². The summed E-state index contributed by atoms with van der Waals surface area (Å²) < 4.78 is 5.53. The summed E-state index contributed by atoms with van der Waals surface area (Å²) in [5.41, 5.74) is 2.16. The summed E-state index contributed by atoms with van der Waals surface area (Å²) in [5.74, 6) is 1.66. The molecule has 2 N–H and O–H groups in total. The SMILES string of the molecule is OCCC[C@@H]1CN(Cc2nc3ccccc3[nH]2)CC[C@@H]1N1CCOCC1. The number of likely N-dealkylation sites (tertiary alicyclic amines) is 1. The quantitative estimate of drug-likeness (QED) is 0.825. The predicted octanol–water partition coefficient (Wildman–Crippen LogP) is 1.86. The van der Waals surface area contributed by atoms with Crippen molar-refractivity contribution in [3.05, 3.63) is 30.1 Å². The Morgan fingerprint density at radius 1 is 1.19 bits per heavy atom. The van der Waals surface area contributed by atoms with Crippen LogP contribution < -0.4 is 0 Å². The molecule has 0 bridgehead atoms. The Morgan fingerprint density at radius 3 is 2.85 bits per heavy atom. The number of H-pyrrole nitrogens is 1. The van der Waals surface area contributed by atoms with E-state index in [1.54, 1.807) is 0 Å². The summed E-state index contributed by atoms with van der Waals surface area (Å²) in [6, 6.07) is 8.84. The number of nitrogens with one attached hydrogen (secondary N) is 1. The number of aromatic nitrogens is 2. The summed E-state index contributed by atoms with van der Waals surface area (Å²) in [4.78, 5) is 13.3. The molecule has 6 heteroatoms. The van der Waals surface area contributed by atoms with E-state index in [-0.39, 0.29) is 6.61 Å². The van der Waals surface area contributed by atoms with Crippen LogP contribution in [0.1, 0.15) is 25.1 Å². The lowest BCUT2D eigenvalue weighted by Crippen LogP contribution is -2.53. The van der Waals surface area contributed by atoms with Gasteiger partial charge in [-0.15, -0.1) is 0 Å². The second-order valence-electron chi connectivity index (χ2n) is 7.57. The lowest BCUT2D eigenvalue weighted by Gasteiger charge is -2.45. The van der Waals surface area contributed by atoms with E-state index in [1.807, 2.05) is 12.1 Å². The van der Waals surface area contributed by atoms with E-state index in [9.17, 15) is 5.11 Å². The highest BCUT2D eigenvalue weighted by atomic mass is 16.5. The van der Waals surface area contributed by atoms with E-state index in [0.29, 0.717) is 12.0 Å². The molecule has 0 spiro atoms. The molecule has 6 nitrogen and oxygen atoms in total. The molecule has 0 amide bonds. The number of fused-ring (bicyclic) bond motifs is 1. The first-order chi connectivity index (χ1) is 12.8. The van der Waals surface area contributed by atoms with Gasteiger partial charge in [0.2, 0.25) is 0 Å². The Morgan fingerprint density at radius 2 is 2.04 bits per heavy atom. The lowest BCUT2D eigenvalue weighted by molar-refractivity contribution is -0.0234. The van der Waals surface area contributed by atoms with Crippen LogP contribution in [0.5, 0.6) is 0 Å². The monoisotopic (exact) mass is 358 g/mol. The van der Waals surface area contributed by atoms with Crippen molar-refractivity contribution in [2.75, 3.05) is 46.0 Å². The van der Waals surface area contributed by atoms with Crippen LogP contribution in [0, 0.1) is 5.92 Å². The van der Waals surface area contributed by atoms with Crippen LogP contribution in [0.25, 0.3) is 11.0 Å². The highest BCUT2D eigenvalue weighted by Crippen LogP contribution is 2.27. The van der Waals surface area contributed by atoms with Crippen LogP contribution >= 0.6 is 0 Å². The van der Waals surface area contributed by atoms with Crippen molar-refractivity contribution in [2.45, 2.75) is 31.8 Å². The van der Waals surface area contributed by atoms with Gasteiger partial charge >= 0.3 is 0 Å². The summed E-state index contributed by atoms with van der Waals surface area (Å²) in [6.07, 6.45) is 3.18. The third kappa shape index (κ3) is 4.09. The van der Waals surface area contributed by atoms with Crippen molar-refractivity contribution in [1.29, 1.82) is 0 Å². The molecular weight excluding hydrogens is 328 g/mol. The minimum atomic E-state index is 0.288. The first-order valence-corrected chi connectivity index (χ1v) is 9.92. The number of ether oxygens (including phenoxy) is 1. The zero-order valence-corrected chi connectivity index (χ0v) is 15.4. The molecule has 2 aliphatic heterocycles. The maximum Gasteiger partial charge on any atom is 0.121 e.